The summed E-state index contributed by atoms with van der Waals surface area (Å²) in [4.78, 5) is 11.0. The standard InChI is InChI=1S/C12H13FO2/c1-7-8-3-2-4-11(13)10(8)6-5-9(7)12(14)15/h2-4,7,9H,5-6H2,1H3,(H,14,15). The van der Waals surface area contributed by atoms with Gasteiger partial charge < -0.3 is 5.11 Å². The van der Waals surface area contributed by atoms with Gasteiger partial charge in [0.1, 0.15) is 5.82 Å². The molecule has 1 aliphatic carbocycles. The van der Waals surface area contributed by atoms with Crippen LogP contribution in [0.3, 0.4) is 0 Å². The van der Waals surface area contributed by atoms with E-state index in [1.54, 1.807) is 6.07 Å². The van der Waals surface area contributed by atoms with E-state index >= 15 is 0 Å². The van der Waals surface area contributed by atoms with E-state index in [1.807, 2.05) is 13.0 Å². The number of carboxylic acid groups (broad SMARTS) is 1. The fourth-order valence-corrected chi connectivity index (χ4v) is 2.37. The quantitative estimate of drug-likeness (QED) is 0.770. The second-order valence-corrected chi connectivity index (χ2v) is 4.08. The fraction of sp³-hybridized carbons (Fsp3) is 0.417. The van der Waals surface area contributed by atoms with E-state index in [-0.39, 0.29) is 17.7 Å². The molecule has 1 N–H and O–H groups in total. The van der Waals surface area contributed by atoms with Crippen molar-refractivity contribution in [2.24, 2.45) is 5.92 Å². The van der Waals surface area contributed by atoms with Crippen molar-refractivity contribution < 1.29 is 14.3 Å². The maximum atomic E-state index is 13.4. The van der Waals surface area contributed by atoms with E-state index in [2.05, 4.69) is 0 Å². The molecular formula is C12H13FO2. The monoisotopic (exact) mass is 208 g/mol. The minimum atomic E-state index is -0.780. The molecule has 0 aromatic heterocycles. The zero-order valence-electron chi connectivity index (χ0n) is 8.53. The summed E-state index contributed by atoms with van der Waals surface area (Å²) < 4.78 is 13.4. The van der Waals surface area contributed by atoms with Gasteiger partial charge in [-0.3, -0.25) is 4.79 Å². The molecule has 1 aromatic carbocycles. The van der Waals surface area contributed by atoms with Gasteiger partial charge in [-0.1, -0.05) is 19.1 Å². The summed E-state index contributed by atoms with van der Waals surface area (Å²) in [6, 6.07) is 4.92. The van der Waals surface area contributed by atoms with Crippen molar-refractivity contribution in [2.45, 2.75) is 25.7 Å². The average molecular weight is 208 g/mol. The molecule has 0 bridgehead atoms. The normalized spacial score (nSPS) is 24.7. The number of aliphatic carboxylic acids is 1. The van der Waals surface area contributed by atoms with E-state index in [4.69, 9.17) is 5.11 Å². The Labute approximate surface area is 87.7 Å². The van der Waals surface area contributed by atoms with Crippen molar-refractivity contribution in [3.63, 3.8) is 0 Å². The number of carboxylic acids is 1. The minimum Gasteiger partial charge on any atom is -0.481 e. The smallest absolute Gasteiger partial charge is 0.307 e. The highest BCUT2D eigenvalue weighted by molar-refractivity contribution is 5.72. The summed E-state index contributed by atoms with van der Waals surface area (Å²) in [5.41, 5.74) is 1.55. The zero-order valence-corrected chi connectivity index (χ0v) is 8.53. The van der Waals surface area contributed by atoms with E-state index in [9.17, 15) is 9.18 Å². The van der Waals surface area contributed by atoms with Crippen LogP contribution in [0.1, 0.15) is 30.4 Å². The average Bonchev–Trinajstić information content (AvgIpc) is 2.19. The van der Waals surface area contributed by atoms with Crippen LogP contribution in [0.4, 0.5) is 4.39 Å². The van der Waals surface area contributed by atoms with Crippen molar-refractivity contribution in [1.82, 2.24) is 0 Å². The fourth-order valence-electron chi connectivity index (χ4n) is 2.37. The molecule has 2 atom stereocenters. The second-order valence-electron chi connectivity index (χ2n) is 4.08. The lowest BCUT2D eigenvalue weighted by Gasteiger charge is -2.28. The summed E-state index contributed by atoms with van der Waals surface area (Å²) in [7, 11) is 0. The highest BCUT2D eigenvalue weighted by Crippen LogP contribution is 2.36. The Morgan fingerprint density at radius 1 is 1.53 bits per heavy atom. The molecule has 0 radical (unpaired) electrons. The van der Waals surface area contributed by atoms with Crippen LogP contribution in [-0.4, -0.2) is 11.1 Å². The minimum absolute atomic E-state index is 0.0954. The largest absolute Gasteiger partial charge is 0.481 e. The van der Waals surface area contributed by atoms with Crippen LogP contribution in [-0.2, 0) is 11.2 Å². The molecule has 80 valence electrons. The maximum Gasteiger partial charge on any atom is 0.307 e. The van der Waals surface area contributed by atoms with E-state index in [0.717, 1.165) is 5.56 Å². The van der Waals surface area contributed by atoms with Crippen LogP contribution in [0.2, 0.25) is 0 Å². The number of hydrogen-bond donors (Lipinski definition) is 1. The van der Waals surface area contributed by atoms with E-state index in [0.29, 0.717) is 18.4 Å². The number of hydrogen-bond acceptors (Lipinski definition) is 1. The van der Waals surface area contributed by atoms with Crippen LogP contribution in [0.5, 0.6) is 0 Å². The van der Waals surface area contributed by atoms with Crippen LogP contribution in [0, 0.1) is 11.7 Å². The molecule has 2 rings (SSSR count). The van der Waals surface area contributed by atoms with Gasteiger partial charge in [-0.25, -0.2) is 4.39 Å². The van der Waals surface area contributed by atoms with Gasteiger partial charge in [0, 0.05) is 0 Å². The number of rotatable bonds is 1. The molecule has 1 aliphatic rings. The van der Waals surface area contributed by atoms with Crippen LogP contribution >= 0.6 is 0 Å². The molecule has 1 aromatic rings. The van der Waals surface area contributed by atoms with Crippen molar-refractivity contribution in [3.8, 4) is 0 Å². The lowest BCUT2D eigenvalue weighted by atomic mass is 9.76. The van der Waals surface area contributed by atoms with Gasteiger partial charge in [0.25, 0.3) is 0 Å². The summed E-state index contributed by atoms with van der Waals surface area (Å²) in [6.45, 7) is 1.86. The number of fused-ring (bicyclic) bond motifs is 1. The highest BCUT2D eigenvalue weighted by Gasteiger charge is 2.32. The molecule has 2 unspecified atom stereocenters. The Morgan fingerprint density at radius 3 is 2.93 bits per heavy atom. The lowest BCUT2D eigenvalue weighted by Crippen LogP contribution is -2.26. The highest BCUT2D eigenvalue weighted by atomic mass is 19.1. The molecule has 0 heterocycles. The van der Waals surface area contributed by atoms with Gasteiger partial charge in [-0.15, -0.1) is 0 Å². The van der Waals surface area contributed by atoms with Crippen molar-refractivity contribution >= 4 is 5.97 Å². The van der Waals surface area contributed by atoms with Gasteiger partial charge in [0.2, 0.25) is 0 Å². The van der Waals surface area contributed by atoms with Crippen molar-refractivity contribution in [1.29, 1.82) is 0 Å². The molecule has 0 spiro atoms. The first-order chi connectivity index (χ1) is 7.11. The lowest BCUT2D eigenvalue weighted by molar-refractivity contribution is -0.142. The number of benzene rings is 1. The molecular weight excluding hydrogens is 195 g/mol. The van der Waals surface area contributed by atoms with Gasteiger partial charge in [-0.05, 0) is 36.0 Å². The number of carbonyl (C=O) groups is 1. The van der Waals surface area contributed by atoms with Crippen LogP contribution < -0.4 is 0 Å². The van der Waals surface area contributed by atoms with Crippen molar-refractivity contribution in [2.75, 3.05) is 0 Å². The van der Waals surface area contributed by atoms with Gasteiger partial charge >= 0.3 is 5.97 Å². The third-order valence-corrected chi connectivity index (χ3v) is 3.27. The first kappa shape index (κ1) is 10.1. The summed E-state index contributed by atoms with van der Waals surface area (Å²) in [5, 5.41) is 9.01. The summed E-state index contributed by atoms with van der Waals surface area (Å²) in [6.07, 6.45) is 1.06. The Kier molecular flexibility index (Phi) is 2.47. The van der Waals surface area contributed by atoms with Crippen LogP contribution in [0.25, 0.3) is 0 Å². The Hall–Kier alpha value is -1.38. The third kappa shape index (κ3) is 1.62. The molecule has 3 heteroatoms. The van der Waals surface area contributed by atoms with Crippen molar-refractivity contribution in [3.05, 3.63) is 35.1 Å². The van der Waals surface area contributed by atoms with E-state index < -0.39 is 5.97 Å². The third-order valence-electron chi connectivity index (χ3n) is 3.27. The molecule has 2 nitrogen and oxygen atoms in total. The second kappa shape index (κ2) is 3.65. The predicted molar refractivity (Wildman–Crippen MR) is 54.3 cm³/mol. The Bertz CT molecular complexity index is 401. The molecule has 0 saturated heterocycles. The first-order valence-electron chi connectivity index (χ1n) is 5.11. The molecule has 0 amide bonds. The van der Waals surface area contributed by atoms with Gasteiger partial charge in [-0.2, -0.15) is 0 Å². The molecule has 0 fully saturated rings. The van der Waals surface area contributed by atoms with E-state index in [1.165, 1.54) is 6.07 Å². The summed E-state index contributed by atoms with van der Waals surface area (Å²) >= 11 is 0. The van der Waals surface area contributed by atoms with Gasteiger partial charge in [0.05, 0.1) is 5.92 Å². The first-order valence-corrected chi connectivity index (χ1v) is 5.11. The molecule has 15 heavy (non-hydrogen) atoms. The maximum absolute atomic E-state index is 13.4. The number of halogens is 1. The Morgan fingerprint density at radius 2 is 2.27 bits per heavy atom. The van der Waals surface area contributed by atoms with Crippen LogP contribution in [0.15, 0.2) is 18.2 Å². The van der Waals surface area contributed by atoms with Gasteiger partial charge in [0.15, 0.2) is 0 Å². The Balaban J connectivity index is 2.42. The topological polar surface area (TPSA) is 37.3 Å². The zero-order chi connectivity index (χ0) is 11.0. The predicted octanol–water partition coefficient (Wildman–Crippen LogP) is 2.58. The molecule has 0 saturated carbocycles. The SMILES string of the molecule is CC1c2cccc(F)c2CCC1C(=O)O. The summed E-state index contributed by atoms with van der Waals surface area (Å²) in [5.74, 6) is -1.46. The molecule has 0 aliphatic heterocycles.